The van der Waals surface area contributed by atoms with Gasteiger partial charge in [-0.05, 0) is 12.8 Å². The lowest BCUT2D eigenvalue weighted by Crippen LogP contribution is -2.47. The zero-order valence-electron chi connectivity index (χ0n) is 13.1. The van der Waals surface area contributed by atoms with E-state index in [1.54, 1.807) is 11.9 Å². The predicted molar refractivity (Wildman–Crippen MR) is 80.8 cm³/mol. The third-order valence-electron chi connectivity index (χ3n) is 4.64. The number of likely N-dealkylation sites (tertiary alicyclic amines) is 1. The van der Waals surface area contributed by atoms with Crippen molar-refractivity contribution in [2.24, 2.45) is 13.0 Å². The highest BCUT2D eigenvalue weighted by Gasteiger charge is 2.38. The molecule has 1 unspecified atom stereocenters. The molecule has 1 aromatic rings. The Kier molecular flexibility index (Phi) is 4.41. The first-order valence-corrected chi connectivity index (χ1v) is 9.20. The quantitative estimate of drug-likeness (QED) is 0.792. The maximum absolute atomic E-state index is 12.7. The molecule has 2 fully saturated rings. The van der Waals surface area contributed by atoms with Crippen LogP contribution in [0, 0.1) is 5.92 Å². The number of amides is 1. The highest BCUT2D eigenvalue weighted by molar-refractivity contribution is 7.89. The number of aromatic nitrogens is 2. The molecule has 1 atom stereocenters. The number of alkyl halides is 1. The van der Waals surface area contributed by atoms with Crippen molar-refractivity contribution in [3.8, 4) is 0 Å². The largest absolute Gasteiger partial charge is 0.339 e. The van der Waals surface area contributed by atoms with Gasteiger partial charge in [-0.15, -0.1) is 0 Å². The minimum atomic E-state index is -3.53. The van der Waals surface area contributed by atoms with Crippen LogP contribution in [0.25, 0.3) is 0 Å². The average molecular weight is 344 g/mol. The van der Waals surface area contributed by atoms with Crippen LogP contribution in [0.2, 0.25) is 0 Å². The van der Waals surface area contributed by atoms with E-state index < -0.39 is 16.7 Å². The monoisotopic (exact) mass is 344 g/mol. The molecule has 23 heavy (non-hydrogen) atoms. The molecule has 2 saturated heterocycles. The third kappa shape index (κ3) is 3.12. The third-order valence-corrected chi connectivity index (χ3v) is 6.49. The van der Waals surface area contributed by atoms with Crippen LogP contribution < -0.4 is 0 Å². The van der Waals surface area contributed by atoms with Gasteiger partial charge in [0.25, 0.3) is 0 Å². The van der Waals surface area contributed by atoms with Crippen molar-refractivity contribution >= 4 is 15.9 Å². The molecule has 2 aliphatic heterocycles. The Morgan fingerprint density at radius 1 is 1.35 bits per heavy atom. The van der Waals surface area contributed by atoms with Gasteiger partial charge < -0.3 is 4.90 Å². The summed E-state index contributed by atoms with van der Waals surface area (Å²) >= 11 is 0. The van der Waals surface area contributed by atoms with E-state index >= 15 is 0 Å². The summed E-state index contributed by atoms with van der Waals surface area (Å²) < 4.78 is 40.7. The number of sulfonamides is 1. The van der Waals surface area contributed by atoms with E-state index in [2.05, 4.69) is 5.10 Å². The van der Waals surface area contributed by atoms with Crippen molar-refractivity contribution in [2.75, 3.05) is 26.3 Å². The molecule has 0 aromatic carbocycles. The van der Waals surface area contributed by atoms with Crippen LogP contribution in [0.1, 0.15) is 19.3 Å². The normalized spacial score (nSPS) is 24.5. The molecule has 1 aromatic heterocycles. The van der Waals surface area contributed by atoms with Crippen molar-refractivity contribution in [3.05, 3.63) is 12.4 Å². The highest BCUT2D eigenvalue weighted by atomic mass is 32.2. The number of hydrogen-bond donors (Lipinski definition) is 0. The summed E-state index contributed by atoms with van der Waals surface area (Å²) in [4.78, 5) is 13.9. The number of piperidine rings is 1. The number of aryl methyl sites for hydroxylation is 1. The lowest BCUT2D eigenvalue weighted by atomic mass is 10.1. The summed E-state index contributed by atoms with van der Waals surface area (Å²) in [7, 11) is -1.86. The van der Waals surface area contributed by atoms with E-state index in [0.717, 1.165) is 0 Å². The molecule has 0 radical (unpaired) electrons. The minimum absolute atomic E-state index is 0.0128. The maximum atomic E-state index is 12.7. The van der Waals surface area contributed by atoms with E-state index in [9.17, 15) is 17.6 Å². The van der Waals surface area contributed by atoms with Gasteiger partial charge in [0.2, 0.25) is 15.9 Å². The van der Waals surface area contributed by atoms with Crippen LogP contribution in [0.3, 0.4) is 0 Å². The van der Waals surface area contributed by atoms with Crippen LogP contribution >= 0.6 is 0 Å². The smallest absolute Gasteiger partial charge is 0.246 e. The fraction of sp³-hybridized carbons (Fsp3) is 0.714. The molecular weight excluding hydrogens is 323 g/mol. The molecule has 3 heterocycles. The molecule has 0 saturated carbocycles. The van der Waals surface area contributed by atoms with E-state index in [4.69, 9.17) is 0 Å². The molecule has 9 heteroatoms. The SMILES string of the molecule is Cn1cc(S(=O)(=O)N2CCC(N3CC(CF)CC3=O)CC2)cn1. The molecule has 1 amide bonds. The Balaban J connectivity index is 1.64. The Bertz CT molecular complexity index is 682. The molecule has 0 bridgehead atoms. The summed E-state index contributed by atoms with van der Waals surface area (Å²) in [6.07, 6.45) is 4.27. The lowest BCUT2D eigenvalue weighted by molar-refractivity contribution is -0.130. The fourth-order valence-corrected chi connectivity index (χ4v) is 4.80. The molecule has 0 aliphatic carbocycles. The second-order valence-electron chi connectivity index (χ2n) is 6.26. The first-order chi connectivity index (χ1) is 10.9. The molecule has 7 nitrogen and oxygen atoms in total. The lowest BCUT2D eigenvalue weighted by Gasteiger charge is -2.36. The Morgan fingerprint density at radius 2 is 2.04 bits per heavy atom. The number of nitrogens with zero attached hydrogens (tertiary/aromatic N) is 4. The summed E-state index contributed by atoms with van der Waals surface area (Å²) in [5, 5.41) is 3.91. The van der Waals surface area contributed by atoms with E-state index in [-0.39, 0.29) is 29.2 Å². The highest BCUT2D eigenvalue weighted by Crippen LogP contribution is 2.27. The maximum Gasteiger partial charge on any atom is 0.246 e. The van der Waals surface area contributed by atoms with Crippen molar-refractivity contribution in [1.82, 2.24) is 19.0 Å². The van der Waals surface area contributed by atoms with Crippen LogP contribution in [0.4, 0.5) is 4.39 Å². The van der Waals surface area contributed by atoms with Gasteiger partial charge in [-0.3, -0.25) is 13.9 Å². The number of halogens is 1. The second-order valence-corrected chi connectivity index (χ2v) is 8.19. The summed E-state index contributed by atoms with van der Waals surface area (Å²) in [6.45, 7) is 0.712. The zero-order chi connectivity index (χ0) is 16.6. The van der Waals surface area contributed by atoms with Crippen molar-refractivity contribution in [3.63, 3.8) is 0 Å². The summed E-state index contributed by atoms with van der Waals surface area (Å²) in [6, 6.07) is 0.0133. The Labute approximate surface area is 135 Å². The topological polar surface area (TPSA) is 75.5 Å². The van der Waals surface area contributed by atoms with Gasteiger partial charge in [-0.25, -0.2) is 8.42 Å². The van der Waals surface area contributed by atoms with Crippen LogP contribution in [0.5, 0.6) is 0 Å². The zero-order valence-corrected chi connectivity index (χ0v) is 13.9. The van der Waals surface area contributed by atoms with Gasteiger partial charge in [-0.2, -0.15) is 9.40 Å². The van der Waals surface area contributed by atoms with E-state index in [1.807, 2.05) is 0 Å². The molecule has 0 N–H and O–H groups in total. The van der Waals surface area contributed by atoms with E-state index in [0.29, 0.717) is 32.5 Å². The second kappa shape index (κ2) is 6.20. The number of rotatable bonds is 4. The predicted octanol–water partition coefficient (Wildman–Crippen LogP) is 0.391. The number of hydrogen-bond acceptors (Lipinski definition) is 4. The molecule has 0 spiro atoms. The first kappa shape index (κ1) is 16.4. The number of carbonyl (C=O) groups is 1. The van der Waals surface area contributed by atoms with Crippen LogP contribution in [-0.4, -0.2) is 65.7 Å². The van der Waals surface area contributed by atoms with Gasteiger partial charge in [0.15, 0.2) is 0 Å². The first-order valence-electron chi connectivity index (χ1n) is 7.76. The van der Waals surface area contributed by atoms with Crippen LogP contribution in [0.15, 0.2) is 17.3 Å². The van der Waals surface area contributed by atoms with Crippen molar-refractivity contribution in [1.29, 1.82) is 0 Å². The molecule has 128 valence electrons. The van der Waals surface area contributed by atoms with Gasteiger partial charge in [-0.1, -0.05) is 0 Å². The standard InChI is InChI=1S/C14H21FN4O3S/c1-17-10-13(8-16-17)23(21,22)18-4-2-12(3-5-18)19-9-11(7-15)6-14(19)20/h8,10-12H,2-7,9H2,1H3. The van der Waals surface area contributed by atoms with Crippen molar-refractivity contribution in [2.45, 2.75) is 30.2 Å². The Morgan fingerprint density at radius 3 is 2.57 bits per heavy atom. The van der Waals surface area contributed by atoms with E-state index in [1.165, 1.54) is 21.4 Å². The van der Waals surface area contributed by atoms with Gasteiger partial charge in [0.1, 0.15) is 4.90 Å². The van der Waals surface area contributed by atoms with Crippen molar-refractivity contribution < 1.29 is 17.6 Å². The summed E-state index contributed by atoms with van der Waals surface area (Å²) in [5.41, 5.74) is 0. The summed E-state index contributed by atoms with van der Waals surface area (Å²) in [5.74, 6) is -0.221. The molecule has 3 rings (SSSR count). The Hall–Kier alpha value is -1.48. The van der Waals surface area contributed by atoms with Gasteiger partial charge in [0, 0.05) is 51.3 Å². The minimum Gasteiger partial charge on any atom is -0.339 e. The molecular formula is C14H21FN4O3S. The number of carbonyl (C=O) groups excluding carboxylic acids is 1. The fourth-order valence-electron chi connectivity index (χ4n) is 3.34. The van der Waals surface area contributed by atoms with Crippen LogP contribution in [-0.2, 0) is 21.9 Å². The molecule has 2 aliphatic rings. The van der Waals surface area contributed by atoms with Gasteiger partial charge >= 0.3 is 0 Å². The van der Waals surface area contributed by atoms with Gasteiger partial charge in [0.05, 0.1) is 12.9 Å². The average Bonchev–Trinajstić information content (AvgIpc) is 3.13.